The fourth-order valence-corrected chi connectivity index (χ4v) is 2.85. The van der Waals surface area contributed by atoms with Gasteiger partial charge in [0.15, 0.2) is 0 Å². The topological polar surface area (TPSA) is 46.5 Å². The highest BCUT2D eigenvalue weighted by Gasteiger charge is 2.42. The lowest BCUT2D eigenvalue weighted by Gasteiger charge is -2.15. The number of ether oxygens (including phenoxy) is 1. The van der Waals surface area contributed by atoms with Crippen LogP contribution < -0.4 is 4.74 Å². The molecule has 0 amide bonds. The van der Waals surface area contributed by atoms with Crippen LogP contribution in [-0.4, -0.2) is 17.7 Å². The lowest BCUT2D eigenvalue weighted by molar-refractivity contribution is -0.138. The summed E-state index contributed by atoms with van der Waals surface area (Å²) in [4.78, 5) is 10.9. The van der Waals surface area contributed by atoms with Crippen molar-refractivity contribution in [2.24, 2.45) is 11.8 Å². The first-order chi connectivity index (χ1) is 9.52. The summed E-state index contributed by atoms with van der Waals surface area (Å²) in [5, 5.41) is 8.96. The van der Waals surface area contributed by atoms with Crippen LogP contribution >= 0.6 is 0 Å². The molecule has 2 rings (SSSR count). The van der Waals surface area contributed by atoms with Gasteiger partial charge in [-0.25, -0.2) is 0 Å². The summed E-state index contributed by atoms with van der Waals surface area (Å²) in [6, 6.07) is 4.32. The summed E-state index contributed by atoms with van der Waals surface area (Å²) in [6.07, 6.45) is 3.69. The molecule has 0 aromatic heterocycles. The van der Waals surface area contributed by atoms with Gasteiger partial charge in [-0.05, 0) is 56.6 Å². The van der Waals surface area contributed by atoms with Crippen LogP contribution in [0, 0.1) is 25.7 Å². The molecule has 2 atom stereocenters. The summed E-state index contributed by atoms with van der Waals surface area (Å²) in [5.41, 5.74) is 3.65. The first-order valence-corrected chi connectivity index (χ1v) is 7.48. The van der Waals surface area contributed by atoms with Crippen molar-refractivity contribution in [2.45, 2.75) is 46.5 Å². The Morgan fingerprint density at radius 2 is 2.15 bits per heavy atom. The van der Waals surface area contributed by atoms with Gasteiger partial charge in [0.05, 0.1) is 12.5 Å². The van der Waals surface area contributed by atoms with E-state index >= 15 is 0 Å². The molecule has 1 aromatic carbocycles. The van der Waals surface area contributed by atoms with E-state index in [0.29, 0.717) is 5.92 Å². The van der Waals surface area contributed by atoms with Crippen molar-refractivity contribution in [1.82, 2.24) is 0 Å². The summed E-state index contributed by atoms with van der Waals surface area (Å²) in [6.45, 7) is 7.01. The van der Waals surface area contributed by atoms with E-state index in [0.717, 1.165) is 38.0 Å². The minimum atomic E-state index is -0.641. The standard InChI is InChI=1S/C17H24O3/c1-4-7-20-16-12(3)8-11(2)9-14(16)6-5-13-10-15(13)17(18)19/h8-9,13,15H,4-7,10H2,1-3H3,(H,18,19). The van der Waals surface area contributed by atoms with Crippen LogP contribution in [0.15, 0.2) is 12.1 Å². The van der Waals surface area contributed by atoms with Gasteiger partial charge in [-0.1, -0.05) is 24.6 Å². The van der Waals surface area contributed by atoms with Gasteiger partial charge in [0.1, 0.15) is 5.75 Å². The van der Waals surface area contributed by atoms with Gasteiger partial charge in [0.2, 0.25) is 0 Å². The van der Waals surface area contributed by atoms with Crippen LogP contribution in [0.3, 0.4) is 0 Å². The van der Waals surface area contributed by atoms with Crippen LogP contribution in [0.2, 0.25) is 0 Å². The molecule has 20 heavy (non-hydrogen) atoms. The predicted molar refractivity (Wildman–Crippen MR) is 79.3 cm³/mol. The molecule has 0 saturated heterocycles. The number of carbonyl (C=O) groups is 1. The molecule has 0 bridgehead atoms. The Balaban J connectivity index is 2.04. The molecule has 1 saturated carbocycles. The number of carboxylic acid groups (broad SMARTS) is 1. The molecule has 0 heterocycles. The second kappa shape index (κ2) is 6.29. The molecule has 1 N–H and O–H groups in total. The first kappa shape index (κ1) is 14.9. The van der Waals surface area contributed by atoms with E-state index < -0.39 is 5.97 Å². The van der Waals surface area contributed by atoms with E-state index in [9.17, 15) is 4.79 Å². The third kappa shape index (κ3) is 3.53. The van der Waals surface area contributed by atoms with Gasteiger partial charge in [-0.2, -0.15) is 0 Å². The molecular weight excluding hydrogens is 252 g/mol. The maximum absolute atomic E-state index is 10.9. The number of aliphatic carboxylic acids is 1. The van der Waals surface area contributed by atoms with E-state index in [1.54, 1.807) is 0 Å². The molecule has 0 radical (unpaired) electrons. The molecule has 110 valence electrons. The largest absolute Gasteiger partial charge is 0.493 e. The fraction of sp³-hybridized carbons (Fsp3) is 0.588. The van der Waals surface area contributed by atoms with Crippen LogP contribution in [0.1, 0.15) is 42.9 Å². The highest BCUT2D eigenvalue weighted by molar-refractivity contribution is 5.73. The molecule has 0 spiro atoms. The highest BCUT2D eigenvalue weighted by Crippen LogP contribution is 2.42. The average molecular weight is 276 g/mol. The van der Waals surface area contributed by atoms with Gasteiger partial charge in [0.25, 0.3) is 0 Å². The van der Waals surface area contributed by atoms with Crippen LogP contribution in [0.5, 0.6) is 5.75 Å². The van der Waals surface area contributed by atoms with Crippen molar-refractivity contribution >= 4 is 5.97 Å². The second-order valence-corrected chi connectivity index (χ2v) is 5.90. The molecule has 1 aliphatic rings. The lowest BCUT2D eigenvalue weighted by atomic mass is 10.00. The molecule has 3 nitrogen and oxygen atoms in total. The van der Waals surface area contributed by atoms with Gasteiger partial charge < -0.3 is 9.84 Å². The lowest BCUT2D eigenvalue weighted by Crippen LogP contribution is -2.04. The minimum Gasteiger partial charge on any atom is -0.493 e. The minimum absolute atomic E-state index is 0.110. The average Bonchev–Trinajstić information content (AvgIpc) is 3.14. The number of rotatable bonds is 7. The van der Waals surface area contributed by atoms with Crippen LogP contribution in [0.25, 0.3) is 0 Å². The Hall–Kier alpha value is -1.51. The smallest absolute Gasteiger partial charge is 0.306 e. The maximum atomic E-state index is 10.9. The third-order valence-electron chi connectivity index (χ3n) is 3.97. The maximum Gasteiger partial charge on any atom is 0.306 e. The molecule has 2 unspecified atom stereocenters. The van der Waals surface area contributed by atoms with E-state index in [-0.39, 0.29) is 5.92 Å². The van der Waals surface area contributed by atoms with Crippen molar-refractivity contribution in [3.63, 3.8) is 0 Å². The third-order valence-corrected chi connectivity index (χ3v) is 3.97. The van der Waals surface area contributed by atoms with Crippen molar-refractivity contribution in [1.29, 1.82) is 0 Å². The van der Waals surface area contributed by atoms with Crippen molar-refractivity contribution in [3.05, 3.63) is 28.8 Å². The number of hydrogen-bond acceptors (Lipinski definition) is 2. The highest BCUT2D eigenvalue weighted by atomic mass is 16.5. The summed E-state index contributed by atoms with van der Waals surface area (Å²) in [7, 11) is 0. The van der Waals surface area contributed by atoms with E-state index in [1.165, 1.54) is 16.7 Å². The zero-order chi connectivity index (χ0) is 14.7. The molecule has 0 aliphatic heterocycles. The predicted octanol–water partition coefficient (Wildman–Crippen LogP) is 3.75. The van der Waals surface area contributed by atoms with Gasteiger partial charge in [-0.3, -0.25) is 4.79 Å². The summed E-state index contributed by atoms with van der Waals surface area (Å²) in [5.74, 6) is 0.608. The van der Waals surface area contributed by atoms with E-state index in [1.807, 2.05) is 0 Å². The molecule has 1 fully saturated rings. The quantitative estimate of drug-likeness (QED) is 0.825. The summed E-state index contributed by atoms with van der Waals surface area (Å²) < 4.78 is 5.88. The Labute approximate surface area is 121 Å². The van der Waals surface area contributed by atoms with Crippen molar-refractivity contribution in [3.8, 4) is 5.75 Å². The number of aryl methyl sites for hydroxylation is 3. The molecule has 3 heteroatoms. The van der Waals surface area contributed by atoms with Gasteiger partial charge in [0, 0.05) is 0 Å². The fourth-order valence-electron chi connectivity index (χ4n) is 2.85. The SMILES string of the molecule is CCCOc1c(C)cc(C)cc1CCC1CC1C(=O)O. The zero-order valence-corrected chi connectivity index (χ0v) is 12.6. The Morgan fingerprint density at radius 3 is 2.75 bits per heavy atom. The van der Waals surface area contributed by atoms with E-state index in [2.05, 4.69) is 32.9 Å². The zero-order valence-electron chi connectivity index (χ0n) is 12.6. The van der Waals surface area contributed by atoms with Crippen molar-refractivity contribution < 1.29 is 14.6 Å². The Kier molecular flexibility index (Phi) is 4.69. The first-order valence-electron chi connectivity index (χ1n) is 7.48. The molecule has 1 aliphatic carbocycles. The molecule has 1 aromatic rings. The monoisotopic (exact) mass is 276 g/mol. The number of carboxylic acids is 1. The van der Waals surface area contributed by atoms with Gasteiger partial charge in [-0.15, -0.1) is 0 Å². The van der Waals surface area contributed by atoms with Crippen molar-refractivity contribution in [2.75, 3.05) is 6.61 Å². The van der Waals surface area contributed by atoms with Gasteiger partial charge >= 0.3 is 5.97 Å². The van der Waals surface area contributed by atoms with Crippen LogP contribution in [0.4, 0.5) is 0 Å². The normalized spacial score (nSPS) is 20.8. The second-order valence-electron chi connectivity index (χ2n) is 5.90. The summed E-state index contributed by atoms with van der Waals surface area (Å²) >= 11 is 0. The van der Waals surface area contributed by atoms with E-state index in [4.69, 9.17) is 9.84 Å². The Morgan fingerprint density at radius 1 is 1.40 bits per heavy atom. The Bertz CT molecular complexity index is 493. The molecular formula is C17H24O3. The van der Waals surface area contributed by atoms with Crippen LogP contribution in [-0.2, 0) is 11.2 Å². The number of benzene rings is 1. The number of hydrogen-bond donors (Lipinski definition) is 1.